The zero-order chi connectivity index (χ0) is 13.5. The molecule has 2 N–H and O–H groups in total. The number of hydrogen-bond acceptors (Lipinski definition) is 4. The Balaban J connectivity index is 1.99. The van der Waals surface area contributed by atoms with Gasteiger partial charge in [0, 0.05) is 12.2 Å². The van der Waals surface area contributed by atoms with E-state index in [2.05, 4.69) is 27.4 Å². The van der Waals surface area contributed by atoms with Crippen molar-refractivity contribution < 1.29 is 4.79 Å². The minimum atomic E-state index is -0.0947. The van der Waals surface area contributed by atoms with E-state index in [1.807, 2.05) is 24.3 Å². The SMILES string of the molecule is C=CCNCC(=O)Nc1cccc(-n2cnnc2)c1. The predicted molar refractivity (Wildman–Crippen MR) is 73.1 cm³/mol. The third-order valence-electron chi connectivity index (χ3n) is 2.42. The summed E-state index contributed by atoms with van der Waals surface area (Å²) in [6, 6.07) is 7.46. The van der Waals surface area contributed by atoms with Gasteiger partial charge >= 0.3 is 0 Å². The average Bonchev–Trinajstić information content (AvgIpc) is 2.93. The van der Waals surface area contributed by atoms with Crippen molar-refractivity contribution in [2.45, 2.75) is 0 Å². The number of rotatable bonds is 6. The van der Waals surface area contributed by atoms with Gasteiger partial charge in [-0.1, -0.05) is 12.1 Å². The molecule has 0 saturated carbocycles. The van der Waals surface area contributed by atoms with Crippen molar-refractivity contribution in [3.8, 4) is 5.69 Å². The molecule has 0 unspecified atom stereocenters. The highest BCUT2D eigenvalue weighted by Crippen LogP contribution is 2.13. The second-order valence-corrected chi connectivity index (χ2v) is 3.89. The fourth-order valence-corrected chi connectivity index (χ4v) is 1.57. The monoisotopic (exact) mass is 257 g/mol. The molecule has 6 nitrogen and oxygen atoms in total. The number of benzene rings is 1. The van der Waals surface area contributed by atoms with Crippen LogP contribution in [-0.2, 0) is 4.79 Å². The van der Waals surface area contributed by atoms with Crippen LogP contribution < -0.4 is 10.6 Å². The number of carbonyl (C=O) groups is 1. The first-order valence-electron chi connectivity index (χ1n) is 5.86. The molecule has 1 amide bonds. The van der Waals surface area contributed by atoms with Crippen molar-refractivity contribution in [3.05, 3.63) is 49.6 Å². The van der Waals surface area contributed by atoms with Crippen LogP contribution in [0.2, 0.25) is 0 Å². The summed E-state index contributed by atoms with van der Waals surface area (Å²) in [7, 11) is 0. The minimum absolute atomic E-state index is 0.0947. The molecule has 2 aromatic rings. The number of anilines is 1. The standard InChI is InChI=1S/C13H15N5O/c1-2-6-14-8-13(19)17-11-4-3-5-12(7-11)18-9-15-16-10-18/h2-5,7,9-10,14H,1,6,8H2,(H,17,19). The average molecular weight is 257 g/mol. The first-order valence-corrected chi connectivity index (χ1v) is 5.86. The van der Waals surface area contributed by atoms with Crippen LogP contribution in [-0.4, -0.2) is 33.8 Å². The van der Waals surface area contributed by atoms with Gasteiger partial charge in [0.05, 0.1) is 12.2 Å². The first kappa shape index (κ1) is 13.0. The van der Waals surface area contributed by atoms with Crippen LogP contribution in [0.25, 0.3) is 5.69 Å². The number of aromatic nitrogens is 3. The zero-order valence-corrected chi connectivity index (χ0v) is 10.4. The summed E-state index contributed by atoms with van der Waals surface area (Å²) in [5, 5.41) is 13.2. The van der Waals surface area contributed by atoms with E-state index in [0.29, 0.717) is 6.54 Å². The predicted octanol–water partition coefficient (Wildman–Crippen LogP) is 0.981. The number of carbonyl (C=O) groups excluding carboxylic acids is 1. The topological polar surface area (TPSA) is 71.8 Å². The van der Waals surface area contributed by atoms with Crippen LogP contribution in [0.15, 0.2) is 49.6 Å². The van der Waals surface area contributed by atoms with E-state index in [9.17, 15) is 4.79 Å². The molecule has 1 aromatic carbocycles. The molecule has 0 aliphatic heterocycles. The highest BCUT2D eigenvalue weighted by Gasteiger charge is 2.03. The van der Waals surface area contributed by atoms with Crippen molar-refractivity contribution in [2.24, 2.45) is 0 Å². The van der Waals surface area contributed by atoms with Crippen LogP contribution in [0.4, 0.5) is 5.69 Å². The summed E-state index contributed by atoms with van der Waals surface area (Å²) in [4.78, 5) is 11.6. The van der Waals surface area contributed by atoms with E-state index in [-0.39, 0.29) is 12.5 Å². The number of hydrogen-bond donors (Lipinski definition) is 2. The van der Waals surface area contributed by atoms with Crippen LogP contribution in [0.3, 0.4) is 0 Å². The Hall–Kier alpha value is -2.47. The zero-order valence-electron chi connectivity index (χ0n) is 10.4. The van der Waals surface area contributed by atoms with Gasteiger partial charge in [-0.15, -0.1) is 16.8 Å². The fourth-order valence-electron chi connectivity index (χ4n) is 1.57. The molecule has 0 aliphatic carbocycles. The summed E-state index contributed by atoms with van der Waals surface area (Å²) >= 11 is 0. The molecular weight excluding hydrogens is 242 g/mol. The molecule has 0 fully saturated rings. The molecular formula is C13H15N5O. The third-order valence-corrected chi connectivity index (χ3v) is 2.42. The van der Waals surface area contributed by atoms with Gasteiger partial charge in [0.25, 0.3) is 0 Å². The van der Waals surface area contributed by atoms with E-state index in [1.165, 1.54) is 0 Å². The minimum Gasteiger partial charge on any atom is -0.325 e. The molecule has 19 heavy (non-hydrogen) atoms. The Bertz CT molecular complexity index is 550. The van der Waals surface area contributed by atoms with Gasteiger partial charge in [-0.05, 0) is 18.2 Å². The molecule has 0 atom stereocenters. The largest absolute Gasteiger partial charge is 0.325 e. The Kier molecular flexibility index (Phi) is 4.41. The van der Waals surface area contributed by atoms with Gasteiger partial charge in [-0.25, -0.2) is 0 Å². The molecule has 6 heteroatoms. The van der Waals surface area contributed by atoms with E-state index in [4.69, 9.17) is 0 Å². The number of nitrogens with one attached hydrogen (secondary N) is 2. The van der Waals surface area contributed by atoms with Gasteiger partial charge < -0.3 is 10.6 Å². The van der Waals surface area contributed by atoms with E-state index >= 15 is 0 Å². The maximum Gasteiger partial charge on any atom is 0.238 e. The van der Waals surface area contributed by atoms with Gasteiger partial charge in [0.1, 0.15) is 12.7 Å². The smallest absolute Gasteiger partial charge is 0.238 e. The van der Waals surface area contributed by atoms with Crippen LogP contribution in [0, 0.1) is 0 Å². The van der Waals surface area contributed by atoms with Crippen LogP contribution in [0.1, 0.15) is 0 Å². The Morgan fingerprint density at radius 1 is 1.37 bits per heavy atom. The van der Waals surface area contributed by atoms with Crippen molar-refractivity contribution >= 4 is 11.6 Å². The van der Waals surface area contributed by atoms with Gasteiger partial charge in [0.15, 0.2) is 0 Å². The van der Waals surface area contributed by atoms with E-state index in [1.54, 1.807) is 23.3 Å². The summed E-state index contributed by atoms with van der Waals surface area (Å²) in [6.07, 6.45) is 4.92. The van der Waals surface area contributed by atoms with Gasteiger partial charge in [0.2, 0.25) is 5.91 Å². The van der Waals surface area contributed by atoms with Crippen molar-refractivity contribution in [3.63, 3.8) is 0 Å². The molecule has 2 rings (SSSR count). The van der Waals surface area contributed by atoms with E-state index in [0.717, 1.165) is 11.4 Å². The van der Waals surface area contributed by atoms with Crippen molar-refractivity contribution in [2.75, 3.05) is 18.4 Å². The van der Waals surface area contributed by atoms with Crippen molar-refractivity contribution in [1.82, 2.24) is 20.1 Å². The first-order chi connectivity index (χ1) is 9.29. The lowest BCUT2D eigenvalue weighted by atomic mass is 10.2. The summed E-state index contributed by atoms with van der Waals surface area (Å²) < 4.78 is 1.77. The highest BCUT2D eigenvalue weighted by atomic mass is 16.1. The highest BCUT2D eigenvalue weighted by molar-refractivity contribution is 5.92. The second kappa shape index (κ2) is 6.46. The normalized spacial score (nSPS) is 10.1. The summed E-state index contributed by atoms with van der Waals surface area (Å²) in [6.45, 7) is 4.43. The molecule has 0 bridgehead atoms. The summed E-state index contributed by atoms with van der Waals surface area (Å²) in [5.74, 6) is -0.0947. The molecule has 0 radical (unpaired) electrons. The third kappa shape index (κ3) is 3.75. The molecule has 0 saturated heterocycles. The van der Waals surface area contributed by atoms with E-state index < -0.39 is 0 Å². The Labute approximate surface area is 111 Å². The Morgan fingerprint density at radius 2 is 2.16 bits per heavy atom. The molecule has 0 aliphatic rings. The molecule has 1 heterocycles. The Morgan fingerprint density at radius 3 is 2.89 bits per heavy atom. The molecule has 0 spiro atoms. The number of amides is 1. The lowest BCUT2D eigenvalue weighted by Crippen LogP contribution is -2.28. The van der Waals surface area contributed by atoms with Crippen molar-refractivity contribution in [1.29, 1.82) is 0 Å². The lowest BCUT2D eigenvalue weighted by molar-refractivity contribution is -0.115. The van der Waals surface area contributed by atoms with Gasteiger partial charge in [-0.2, -0.15) is 0 Å². The second-order valence-electron chi connectivity index (χ2n) is 3.89. The summed E-state index contributed by atoms with van der Waals surface area (Å²) in [5.41, 5.74) is 1.62. The van der Waals surface area contributed by atoms with Gasteiger partial charge in [-0.3, -0.25) is 9.36 Å². The molecule has 98 valence electrons. The lowest BCUT2D eigenvalue weighted by Gasteiger charge is -2.07. The van der Waals surface area contributed by atoms with Crippen LogP contribution in [0.5, 0.6) is 0 Å². The fraction of sp³-hybridized carbons (Fsp3) is 0.154. The van der Waals surface area contributed by atoms with Crippen LogP contribution >= 0.6 is 0 Å². The number of nitrogens with zero attached hydrogens (tertiary/aromatic N) is 3. The maximum absolute atomic E-state index is 11.6. The quantitative estimate of drug-likeness (QED) is 0.598. The maximum atomic E-state index is 11.6. The molecule has 1 aromatic heterocycles.